The van der Waals surface area contributed by atoms with Gasteiger partial charge in [0.25, 0.3) is 0 Å². The predicted molar refractivity (Wildman–Crippen MR) is 135 cm³/mol. The van der Waals surface area contributed by atoms with E-state index in [1.165, 1.54) is 37.8 Å². The normalized spacial score (nSPS) is 42.9. The Kier molecular flexibility index (Phi) is 5.49. The SMILES string of the molecule is CC[C@]12CC[C@@](C)(O)C[C@@H]1CC[C@H]1[C@@H]3CC[C@H](C(=O)Cn4ncc5ccc(F)cc54)[C@@]3(C)CC[C@@H]12. The standard InChI is InChI=1S/C30H41FN2O2/c1-4-30-14-13-28(2,35)16-20(30)6-8-22-23-9-10-25(29(23,3)12-11-24(22)30)27(34)18-33-26-15-21(31)7-5-19(26)17-32-33/h5,7,15,17,20,22-25,35H,4,6,8-14,16,18H2,1-3H3/t20-,22-,23-,24-,25+,28+,29-,30-/m0/s1. The zero-order valence-electron chi connectivity index (χ0n) is 21.6. The fourth-order valence-corrected chi connectivity index (χ4v) is 9.90. The summed E-state index contributed by atoms with van der Waals surface area (Å²) in [5.41, 5.74) is 0.656. The van der Waals surface area contributed by atoms with Gasteiger partial charge in [-0.3, -0.25) is 9.48 Å². The Morgan fingerprint density at radius 3 is 2.74 bits per heavy atom. The van der Waals surface area contributed by atoms with Crippen LogP contribution < -0.4 is 0 Å². The van der Waals surface area contributed by atoms with E-state index in [0.29, 0.717) is 28.7 Å². The molecule has 4 aliphatic rings. The Morgan fingerprint density at radius 2 is 1.94 bits per heavy atom. The number of Topliss-reactive ketones (excluding diaryl/α,β-unsaturated/α-hetero) is 1. The molecule has 4 saturated carbocycles. The lowest BCUT2D eigenvalue weighted by Crippen LogP contribution is -2.56. The molecular formula is C30H41FN2O2. The highest BCUT2D eigenvalue weighted by atomic mass is 19.1. The number of carbonyl (C=O) groups excluding carboxylic acids is 1. The summed E-state index contributed by atoms with van der Waals surface area (Å²) in [6.45, 7) is 7.08. The number of nitrogens with zero attached hydrogens (tertiary/aromatic N) is 2. The van der Waals surface area contributed by atoms with Crippen molar-refractivity contribution in [2.45, 2.75) is 97.1 Å². The largest absolute Gasteiger partial charge is 0.390 e. The Morgan fingerprint density at radius 1 is 1.11 bits per heavy atom. The molecule has 0 amide bonds. The van der Waals surface area contributed by atoms with Gasteiger partial charge in [-0.1, -0.05) is 13.8 Å². The summed E-state index contributed by atoms with van der Waals surface area (Å²) in [6, 6.07) is 4.67. The van der Waals surface area contributed by atoms with Crippen molar-refractivity contribution in [3.63, 3.8) is 0 Å². The quantitative estimate of drug-likeness (QED) is 0.540. The number of ketones is 1. The van der Waals surface area contributed by atoms with Crippen molar-refractivity contribution in [3.05, 3.63) is 30.2 Å². The van der Waals surface area contributed by atoms with Gasteiger partial charge in [0.1, 0.15) is 12.4 Å². The van der Waals surface area contributed by atoms with Gasteiger partial charge in [-0.05, 0) is 124 Å². The monoisotopic (exact) mass is 480 g/mol. The molecule has 6 rings (SSSR count). The molecule has 4 fully saturated rings. The van der Waals surface area contributed by atoms with Crippen LogP contribution in [-0.2, 0) is 11.3 Å². The first-order valence-electron chi connectivity index (χ1n) is 14.0. The second-order valence-electron chi connectivity index (χ2n) is 13.1. The Bertz CT molecular complexity index is 1140. The van der Waals surface area contributed by atoms with Gasteiger partial charge in [0, 0.05) is 11.3 Å². The molecule has 0 bridgehead atoms. The molecule has 0 saturated heterocycles. The van der Waals surface area contributed by atoms with Crippen LogP contribution in [0.4, 0.5) is 4.39 Å². The summed E-state index contributed by atoms with van der Waals surface area (Å²) >= 11 is 0. The molecule has 0 aliphatic heterocycles. The van der Waals surface area contributed by atoms with E-state index in [9.17, 15) is 14.3 Å². The lowest BCUT2D eigenvalue weighted by molar-refractivity contribution is -0.158. The fourth-order valence-electron chi connectivity index (χ4n) is 9.90. The fraction of sp³-hybridized carbons (Fsp3) is 0.733. The molecule has 5 heteroatoms. The number of hydrogen-bond donors (Lipinski definition) is 1. The van der Waals surface area contributed by atoms with E-state index < -0.39 is 5.60 Å². The van der Waals surface area contributed by atoms with Crippen LogP contribution in [-0.4, -0.2) is 26.3 Å². The van der Waals surface area contributed by atoms with E-state index in [-0.39, 0.29) is 29.5 Å². The molecule has 0 unspecified atom stereocenters. The zero-order chi connectivity index (χ0) is 24.6. The third kappa shape index (κ3) is 3.54. The van der Waals surface area contributed by atoms with Crippen LogP contribution in [0.25, 0.3) is 10.9 Å². The van der Waals surface area contributed by atoms with Gasteiger partial charge in [-0.15, -0.1) is 0 Å². The van der Waals surface area contributed by atoms with Gasteiger partial charge in [0.2, 0.25) is 0 Å². The molecule has 1 aromatic heterocycles. The van der Waals surface area contributed by atoms with Crippen molar-refractivity contribution in [2.24, 2.45) is 40.4 Å². The summed E-state index contributed by atoms with van der Waals surface area (Å²) in [5.74, 6) is 2.78. The summed E-state index contributed by atoms with van der Waals surface area (Å²) in [4.78, 5) is 13.7. The van der Waals surface area contributed by atoms with Crippen molar-refractivity contribution in [2.75, 3.05) is 0 Å². The van der Waals surface area contributed by atoms with E-state index >= 15 is 0 Å². The zero-order valence-corrected chi connectivity index (χ0v) is 21.6. The second-order valence-corrected chi connectivity index (χ2v) is 13.1. The Hall–Kier alpha value is -1.75. The molecule has 0 radical (unpaired) electrons. The van der Waals surface area contributed by atoms with Crippen LogP contribution in [0, 0.1) is 46.2 Å². The highest BCUT2D eigenvalue weighted by Gasteiger charge is 2.62. The first-order chi connectivity index (χ1) is 16.7. The third-order valence-electron chi connectivity index (χ3n) is 11.6. The van der Waals surface area contributed by atoms with Gasteiger partial charge in [0.05, 0.1) is 17.3 Å². The number of hydrogen-bond acceptors (Lipinski definition) is 3. The van der Waals surface area contributed by atoms with E-state index in [0.717, 1.165) is 49.8 Å². The minimum absolute atomic E-state index is 0.0639. The first kappa shape index (κ1) is 23.6. The highest BCUT2D eigenvalue weighted by molar-refractivity contribution is 5.85. The van der Waals surface area contributed by atoms with Gasteiger partial charge < -0.3 is 5.11 Å². The second kappa shape index (κ2) is 8.13. The predicted octanol–water partition coefficient (Wildman–Crippen LogP) is 6.54. The lowest BCUT2D eigenvalue weighted by Gasteiger charge is -2.63. The summed E-state index contributed by atoms with van der Waals surface area (Å²) < 4.78 is 15.6. The van der Waals surface area contributed by atoms with Crippen molar-refractivity contribution in [1.82, 2.24) is 9.78 Å². The van der Waals surface area contributed by atoms with Crippen molar-refractivity contribution in [3.8, 4) is 0 Å². The van der Waals surface area contributed by atoms with Crippen molar-refractivity contribution < 1.29 is 14.3 Å². The maximum Gasteiger partial charge on any atom is 0.157 e. The number of benzene rings is 1. The number of aliphatic hydroxyl groups is 1. The number of carbonyl (C=O) groups is 1. The van der Waals surface area contributed by atoms with Crippen LogP contribution >= 0.6 is 0 Å². The Labute approximate surface area is 208 Å². The van der Waals surface area contributed by atoms with Gasteiger partial charge in [-0.2, -0.15) is 5.10 Å². The third-order valence-corrected chi connectivity index (χ3v) is 11.6. The number of halogens is 1. The Balaban J connectivity index is 1.23. The maximum absolute atomic E-state index is 13.9. The summed E-state index contributed by atoms with van der Waals surface area (Å²) in [6.07, 6.45) is 13.0. The average Bonchev–Trinajstić information content (AvgIpc) is 3.38. The van der Waals surface area contributed by atoms with Crippen LogP contribution in [0.1, 0.15) is 85.0 Å². The molecule has 8 atom stereocenters. The highest BCUT2D eigenvalue weighted by Crippen LogP contribution is 2.69. The average molecular weight is 481 g/mol. The number of aromatic nitrogens is 2. The van der Waals surface area contributed by atoms with Crippen molar-refractivity contribution in [1.29, 1.82) is 0 Å². The van der Waals surface area contributed by atoms with E-state index in [2.05, 4.69) is 18.9 Å². The van der Waals surface area contributed by atoms with E-state index in [1.54, 1.807) is 16.9 Å². The van der Waals surface area contributed by atoms with E-state index in [1.807, 2.05) is 6.92 Å². The molecule has 35 heavy (non-hydrogen) atoms. The minimum atomic E-state index is -0.496. The molecule has 4 nitrogen and oxygen atoms in total. The molecule has 4 aliphatic carbocycles. The van der Waals surface area contributed by atoms with Crippen molar-refractivity contribution >= 4 is 16.7 Å². The smallest absolute Gasteiger partial charge is 0.157 e. The summed E-state index contributed by atoms with van der Waals surface area (Å²) in [5, 5.41) is 16.1. The minimum Gasteiger partial charge on any atom is -0.390 e. The molecular weight excluding hydrogens is 439 g/mol. The van der Waals surface area contributed by atoms with Crippen LogP contribution in [0.15, 0.2) is 24.4 Å². The molecule has 1 aromatic carbocycles. The van der Waals surface area contributed by atoms with Gasteiger partial charge in [0.15, 0.2) is 5.78 Å². The molecule has 190 valence electrons. The van der Waals surface area contributed by atoms with Gasteiger partial charge in [-0.25, -0.2) is 4.39 Å². The van der Waals surface area contributed by atoms with Crippen LogP contribution in [0.2, 0.25) is 0 Å². The topological polar surface area (TPSA) is 55.1 Å². The molecule has 1 N–H and O–H groups in total. The first-order valence-corrected chi connectivity index (χ1v) is 14.0. The lowest BCUT2D eigenvalue weighted by atomic mass is 9.42. The van der Waals surface area contributed by atoms with E-state index in [4.69, 9.17) is 0 Å². The molecule has 0 spiro atoms. The molecule has 1 heterocycles. The number of rotatable bonds is 4. The maximum atomic E-state index is 13.9. The van der Waals surface area contributed by atoms with Crippen LogP contribution in [0.3, 0.4) is 0 Å². The molecule has 2 aromatic rings. The summed E-state index contributed by atoms with van der Waals surface area (Å²) in [7, 11) is 0. The van der Waals surface area contributed by atoms with Gasteiger partial charge >= 0.3 is 0 Å². The number of fused-ring (bicyclic) bond motifs is 6. The van der Waals surface area contributed by atoms with Crippen LogP contribution in [0.5, 0.6) is 0 Å².